The molecule has 3 aromatic rings. The number of likely N-dealkylation sites (tertiary alicyclic amines) is 2. The zero-order chi connectivity index (χ0) is 49.1. The minimum atomic E-state index is -0.884. The topological polar surface area (TPSA) is 179 Å². The SMILES string of the molecule is COC(=O)N[C@H](C(=O)N1[C@H](C(=O)Nc2ccc(CN(Cc3ccc(NC(=O)[C@@H]4C[C@@H]5CCC[C@@H]5N4C(=O)[C@@H](NC(=O)OC)C(C)(C)C)cc3)c3ccc(F)cc3)cc2)C[C@@H]2CCC[C@@H]21)C(C)(C)C. The van der Waals surface area contributed by atoms with Gasteiger partial charge >= 0.3 is 12.2 Å². The summed E-state index contributed by atoms with van der Waals surface area (Å²) >= 11 is 0. The number of anilines is 3. The van der Waals surface area contributed by atoms with Gasteiger partial charge in [-0.3, -0.25) is 19.2 Å². The van der Waals surface area contributed by atoms with Crippen molar-refractivity contribution in [2.75, 3.05) is 29.8 Å². The van der Waals surface area contributed by atoms with Crippen molar-refractivity contribution in [3.05, 3.63) is 89.7 Å². The molecule has 8 atom stereocenters. The highest BCUT2D eigenvalue weighted by Crippen LogP contribution is 2.44. The summed E-state index contributed by atoms with van der Waals surface area (Å²) in [5.74, 6) is -1.09. The third-order valence-electron chi connectivity index (χ3n) is 14.3. The molecule has 2 aliphatic carbocycles. The Morgan fingerprint density at radius 2 is 0.985 bits per heavy atom. The number of halogens is 1. The van der Waals surface area contributed by atoms with Gasteiger partial charge in [-0.1, -0.05) is 78.6 Å². The largest absolute Gasteiger partial charge is 0.453 e. The second kappa shape index (κ2) is 20.6. The molecule has 0 spiro atoms. The summed E-state index contributed by atoms with van der Waals surface area (Å²) in [5, 5.41) is 11.5. The molecule has 0 bridgehead atoms. The van der Waals surface area contributed by atoms with E-state index in [0.29, 0.717) is 37.3 Å². The molecule has 2 saturated heterocycles. The van der Waals surface area contributed by atoms with Gasteiger partial charge in [0, 0.05) is 42.2 Å². The average molecular weight is 938 g/mol. The highest BCUT2D eigenvalue weighted by molar-refractivity contribution is 6.00. The highest BCUT2D eigenvalue weighted by atomic mass is 19.1. The van der Waals surface area contributed by atoms with E-state index in [2.05, 4.69) is 26.2 Å². The van der Waals surface area contributed by atoms with Crippen LogP contribution in [-0.2, 0) is 41.7 Å². The molecule has 2 saturated carbocycles. The number of nitrogens with one attached hydrogen (secondary N) is 4. The van der Waals surface area contributed by atoms with Crippen LogP contribution in [0.3, 0.4) is 0 Å². The van der Waals surface area contributed by atoms with Gasteiger partial charge in [0.25, 0.3) is 0 Å². The van der Waals surface area contributed by atoms with E-state index in [-0.39, 0.29) is 53.4 Å². The van der Waals surface area contributed by atoms with Gasteiger partial charge in [0.15, 0.2) is 0 Å². The Labute approximate surface area is 399 Å². The molecule has 0 aromatic heterocycles. The van der Waals surface area contributed by atoms with Crippen molar-refractivity contribution in [2.45, 2.75) is 142 Å². The monoisotopic (exact) mass is 938 g/mol. The van der Waals surface area contributed by atoms with Gasteiger partial charge < -0.3 is 45.4 Å². The number of hydrogen-bond donors (Lipinski definition) is 4. The molecule has 4 fully saturated rings. The number of amides is 6. The van der Waals surface area contributed by atoms with Crippen molar-refractivity contribution in [2.24, 2.45) is 22.7 Å². The maximum absolute atomic E-state index is 14.2. The third-order valence-corrected chi connectivity index (χ3v) is 14.3. The van der Waals surface area contributed by atoms with Gasteiger partial charge in [-0.05, 0) is 121 Å². The van der Waals surface area contributed by atoms with E-state index in [1.807, 2.05) is 90.1 Å². The number of nitrogens with zero attached hydrogens (tertiary/aromatic N) is 3. The zero-order valence-corrected chi connectivity index (χ0v) is 40.6. The van der Waals surface area contributed by atoms with Gasteiger partial charge in [-0.15, -0.1) is 0 Å². The van der Waals surface area contributed by atoms with E-state index >= 15 is 0 Å². The first-order valence-corrected chi connectivity index (χ1v) is 23.9. The number of hydrogen-bond acceptors (Lipinski definition) is 9. The summed E-state index contributed by atoms with van der Waals surface area (Å²) in [6.07, 6.45) is 5.11. The lowest BCUT2D eigenvalue weighted by molar-refractivity contribution is -0.143. The summed E-state index contributed by atoms with van der Waals surface area (Å²) in [4.78, 5) is 86.6. The van der Waals surface area contributed by atoms with Gasteiger partial charge in [0.1, 0.15) is 30.0 Å². The van der Waals surface area contributed by atoms with E-state index in [9.17, 15) is 33.2 Å². The molecule has 68 heavy (non-hydrogen) atoms. The summed E-state index contributed by atoms with van der Waals surface area (Å²) < 4.78 is 23.8. The van der Waals surface area contributed by atoms with Gasteiger partial charge in [0.2, 0.25) is 23.6 Å². The molecule has 6 amide bonds. The Balaban J connectivity index is 1.02. The quantitative estimate of drug-likeness (QED) is 0.132. The van der Waals surface area contributed by atoms with Crippen LogP contribution in [0.2, 0.25) is 0 Å². The van der Waals surface area contributed by atoms with Crippen LogP contribution in [0.15, 0.2) is 72.8 Å². The first-order valence-electron chi connectivity index (χ1n) is 23.9. The van der Waals surface area contributed by atoms with Crippen molar-refractivity contribution < 1.29 is 42.6 Å². The third kappa shape index (κ3) is 11.2. The Bertz CT molecular complexity index is 2170. The minimum absolute atomic E-state index is 0.0806. The van der Waals surface area contributed by atoms with Crippen molar-refractivity contribution in [3.8, 4) is 0 Å². The molecular formula is C52H68FN7O8. The highest BCUT2D eigenvalue weighted by Gasteiger charge is 2.53. The molecule has 0 radical (unpaired) electrons. The number of benzene rings is 3. The molecule has 4 N–H and O–H groups in total. The summed E-state index contributed by atoms with van der Waals surface area (Å²) in [7, 11) is 2.51. The number of fused-ring (bicyclic) bond motifs is 2. The fourth-order valence-corrected chi connectivity index (χ4v) is 10.8. The molecular weight excluding hydrogens is 870 g/mol. The molecule has 15 nitrogen and oxygen atoms in total. The molecule has 366 valence electrons. The van der Waals surface area contributed by atoms with Crippen molar-refractivity contribution >= 4 is 52.9 Å². The van der Waals surface area contributed by atoms with E-state index in [1.54, 1.807) is 21.9 Å². The number of carbonyl (C=O) groups excluding carboxylic acids is 6. The van der Waals surface area contributed by atoms with Crippen LogP contribution in [0.4, 0.5) is 31.0 Å². The summed E-state index contributed by atoms with van der Waals surface area (Å²) in [5.41, 5.74) is 2.55. The van der Waals surface area contributed by atoms with Gasteiger partial charge in [-0.25, -0.2) is 14.0 Å². The Morgan fingerprint density at radius 1 is 0.603 bits per heavy atom. The Kier molecular flexibility index (Phi) is 15.0. The number of methoxy groups -OCH3 is 2. The first-order chi connectivity index (χ1) is 32.2. The second-order valence-corrected chi connectivity index (χ2v) is 21.1. The minimum Gasteiger partial charge on any atom is -0.453 e. The Hall–Kier alpha value is -6.19. The van der Waals surface area contributed by atoms with Crippen LogP contribution in [0.1, 0.15) is 104 Å². The molecule has 3 aromatic carbocycles. The number of rotatable bonds is 13. The fourth-order valence-electron chi connectivity index (χ4n) is 10.8. The molecule has 7 rings (SSSR count). The predicted molar refractivity (Wildman–Crippen MR) is 257 cm³/mol. The van der Waals surface area contributed by atoms with E-state index in [0.717, 1.165) is 55.3 Å². The van der Waals surface area contributed by atoms with Crippen LogP contribution in [0.25, 0.3) is 0 Å². The van der Waals surface area contributed by atoms with Crippen LogP contribution in [0.5, 0.6) is 0 Å². The van der Waals surface area contributed by atoms with Gasteiger partial charge in [-0.2, -0.15) is 0 Å². The zero-order valence-electron chi connectivity index (χ0n) is 40.6. The molecule has 0 unspecified atom stereocenters. The second-order valence-electron chi connectivity index (χ2n) is 21.1. The summed E-state index contributed by atoms with van der Waals surface area (Å²) in [6.45, 7) is 12.1. The normalized spacial score (nSPS) is 22.9. The molecule has 4 aliphatic rings. The lowest BCUT2D eigenvalue weighted by Gasteiger charge is -2.37. The molecule has 2 heterocycles. The summed E-state index contributed by atoms with van der Waals surface area (Å²) in [6, 6.07) is 18.0. The number of ether oxygens (including phenoxy) is 2. The molecule has 2 aliphatic heterocycles. The predicted octanol–water partition coefficient (Wildman–Crippen LogP) is 7.99. The van der Waals surface area contributed by atoms with E-state index in [4.69, 9.17) is 9.47 Å². The van der Waals surface area contributed by atoms with Crippen LogP contribution in [-0.4, -0.2) is 96.1 Å². The number of alkyl carbamates (subject to hydrolysis) is 2. The van der Waals surface area contributed by atoms with Crippen LogP contribution < -0.4 is 26.2 Å². The van der Waals surface area contributed by atoms with Gasteiger partial charge in [0.05, 0.1) is 14.2 Å². The average Bonchev–Trinajstić information content (AvgIpc) is 4.10. The number of carbonyl (C=O) groups is 6. The lowest BCUT2D eigenvalue weighted by Crippen LogP contribution is -2.58. The Morgan fingerprint density at radius 3 is 1.34 bits per heavy atom. The lowest BCUT2D eigenvalue weighted by atomic mass is 9.85. The molecule has 16 heteroatoms. The van der Waals surface area contributed by atoms with Crippen molar-refractivity contribution in [1.82, 2.24) is 20.4 Å². The van der Waals surface area contributed by atoms with Crippen LogP contribution >= 0.6 is 0 Å². The van der Waals surface area contributed by atoms with Crippen molar-refractivity contribution in [1.29, 1.82) is 0 Å². The first kappa shape index (κ1) is 49.7. The maximum Gasteiger partial charge on any atom is 0.407 e. The van der Waals surface area contributed by atoms with E-state index in [1.165, 1.54) is 26.4 Å². The van der Waals surface area contributed by atoms with Crippen LogP contribution in [0, 0.1) is 28.5 Å². The maximum atomic E-state index is 14.2. The van der Waals surface area contributed by atoms with Crippen molar-refractivity contribution in [3.63, 3.8) is 0 Å². The smallest absolute Gasteiger partial charge is 0.407 e. The standard InChI is InChI=1S/C52H68FN7O8/c1-51(2,3)43(56-49(65)67-7)47(63)59-39-13-9-11-33(39)27-41(59)45(61)54-36-21-15-31(16-22-36)29-58(38-25-19-35(53)20-26-38)30-32-17-23-37(24-18-32)55-46(62)42-28-34-12-10-14-40(34)60(42)48(64)44(52(4,5)6)57-50(66)68-8/h15-26,33-34,39-44H,9-14,27-30H2,1-8H3,(H,54,61)(H,55,62)(H,56,65)(H,57,66)/t33-,34-,39-,40-,41-,42-,43+,44+/m0/s1. The van der Waals surface area contributed by atoms with E-state index < -0.39 is 47.2 Å². The fraction of sp³-hybridized carbons (Fsp3) is 0.538.